The van der Waals surface area contributed by atoms with E-state index in [-0.39, 0.29) is 5.97 Å². The third-order valence-electron chi connectivity index (χ3n) is 4.81. The predicted molar refractivity (Wildman–Crippen MR) is 126 cm³/mol. The maximum Gasteiger partial charge on any atom is 0.338 e. The van der Waals surface area contributed by atoms with E-state index < -0.39 is 6.04 Å². The van der Waals surface area contributed by atoms with Gasteiger partial charge in [0.25, 0.3) is 0 Å². The molecule has 9 heteroatoms. The molecule has 3 aromatic rings. The van der Waals surface area contributed by atoms with Crippen molar-refractivity contribution in [3.63, 3.8) is 0 Å². The molecule has 0 saturated heterocycles. The van der Waals surface area contributed by atoms with Crippen LogP contribution in [0.15, 0.2) is 69.4 Å². The quantitative estimate of drug-likeness (QED) is 0.326. The zero-order chi connectivity index (χ0) is 22.0. The van der Waals surface area contributed by atoms with Gasteiger partial charge in [-0.1, -0.05) is 69.6 Å². The number of rotatable bonds is 6. The monoisotopic (exact) mass is 518 g/mol. The first kappa shape index (κ1) is 21.9. The van der Waals surface area contributed by atoms with Gasteiger partial charge in [0.15, 0.2) is 0 Å². The first-order valence-electron chi connectivity index (χ1n) is 9.71. The molecular formula is C22H20BrClN4O2S. The summed E-state index contributed by atoms with van der Waals surface area (Å²) in [7, 11) is 0. The van der Waals surface area contributed by atoms with E-state index in [1.54, 1.807) is 11.6 Å². The number of fused-ring (bicyclic) bond motifs is 1. The lowest BCUT2D eigenvalue weighted by molar-refractivity contribution is -0.139. The zero-order valence-corrected chi connectivity index (χ0v) is 20.1. The molecule has 0 fully saturated rings. The van der Waals surface area contributed by atoms with Crippen LogP contribution in [-0.4, -0.2) is 27.3 Å². The highest BCUT2D eigenvalue weighted by molar-refractivity contribution is 9.10. The Morgan fingerprint density at radius 2 is 2.10 bits per heavy atom. The zero-order valence-electron chi connectivity index (χ0n) is 16.9. The van der Waals surface area contributed by atoms with Crippen molar-refractivity contribution in [2.24, 2.45) is 0 Å². The van der Waals surface area contributed by atoms with Crippen molar-refractivity contribution in [3.8, 4) is 0 Å². The van der Waals surface area contributed by atoms with Crippen molar-refractivity contribution < 1.29 is 9.53 Å². The van der Waals surface area contributed by atoms with E-state index in [9.17, 15) is 4.79 Å². The number of esters is 1. The number of halogens is 2. The van der Waals surface area contributed by atoms with Crippen LogP contribution in [-0.2, 0) is 15.3 Å². The number of benzene rings is 2. The molecule has 1 aliphatic heterocycles. The van der Waals surface area contributed by atoms with E-state index in [1.165, 1.54) is 11.8 Å². The van der Waals surface area contributed by atoms with E-state index in [2.05, 4.69) is 26.2 Å². The Hall–Kier alpha value is -2.29. The molecule has 0 spiro atoms. The summed E-state index contributed by atoms with van der Waals surface area (Å²) >= 11 is 11.3. The average molecular weight is 520 g/mol. The van der Waals surface area contributed by atoms with Gasteiger partial charge in [-0.15, -0.1) is 5.10 Å². The third-order valence-corrected chi connectivity index (χ3v) is 6.56. The summed E-state index contributed by atoms with van der Waals surface area (Å²) in [4.78, 5) is 17.5. The topological polar surface area (TPSA) is 69.0 Å². The fraction of sp³-hybridized carbons (Fsp3) is 0.227. The number of carbonyl (C=O) groups is 1. The van der Waals surface area contributed by atoms with Crippen molar-refractivity contribution in [2.45, 2.75) is 30.8 Å². The number of allylic oxidation sites excluding steroid dienone is 1. The molecule has 4 rings (SSSR count). The second-order valence-corrected chi connectivity index (χ2v) is 9.15. The third kappa shape index (κ3) is 4.66. The van der Waals surface area contributed by atoms with Crippen LogP contribution in [0.2, 0.25) is 5.02 Å². The molecular weight excluding hydrogens is 500 g/mol. The van der Waals surface area contributed by atoms with Gasteiger partial charge in [-0.3, -0.25) is 0 Å². The molecule has 6 nitrogen and oxygen atoms in total. The average Bonchev–Trinajstić information content (AvgIpc) is 3.14. The summed E-state index contributed by atoms with van der Waals surface area (Å²) in [5.41, 5.74) is 3.14. The van der Waals surface area contributed by atoms with Crippen LogP contribution in [0.25, 0.3) is 0 Å². The second kappa shape index (κ2) is 9.46. The van der Waals surface area contributed by atoms with Crippen LogP contribution in [0.4, 0.5) is 5.95 Å². The van der Waals surface area contributed by atoms with Gasteiger partial charge in [-0.2, -0.15) is 4.98 Å². The standard InChI is InChI=1S/C22H20BrClN4O2S/c1-3-30-20(29)18-13(2)25-21-26-22(31-12-15-7-4-5-10-17(15)24)27-28(21)19(18)14-8-6-9-16(23)11-14/h4-11,19H,3,12H2,1-2H3,(H,25,26,27). The second-order valence-electron chi connectivity index (χ2n) is 6.88. The highest BCUT2D eigenvalue weighted by atomic mass is 79.9. The van der Waals surface area contributed by atoms with Crippen molar-refractivity contribution in [3.05, 3.63) is 80.4 Å². The Kier molecular flexibility index (Phi) is 6.69. The number of thioether (sulfide) groups is 1. The van der Waals surface area contributed by atoms with Gasteiger partial charge < -0.3 is 10.1 Å². The Labute approximate surface area is 198 Å². The molecule has 1 N–H and O–H groups in total. The van der Waals surface area contributed by atoms with Crippen molar-refractivity contribution >= 4 is 51.2 Å². The number of anilines is 1. The number of ether oxygens (including phenoxy) is 1. The van der Waals surface area contributed by atoms with Gasteiger partial charge >= 0.3 is 5.97 Å². The fourth-order valence-corrected chi connectivity index (χ4v) is 4.94. The van der Waals surface area contributed by atoms with Gasteiger partial charge in [-0.05, 0) is 43.2 Å². The molecule has 1 unspecified atom stereocenters. The largest absolute Gasteiger partial charge is 0.463 e. The van der Waals surface area contributed by atoms with Crippen LogP contribution in [0.5, 0.6) is 0 Å². The number of hydrogen-bond donors (Lipinski definition) is 1. The van der Waals surface area contributed by atoms with Crippen LogP contribution in [0, 0.1) is 0 Å². The lowest BCUT2D eigenvalue weighted by atomic mass is 9.96. The maximum absolute atomic E-state index is 12.8. The van der Waals surface area contributed by atoms with Crippen molar-refractivity contribution in [1.29, 1.82) is 0 Å². The summed E-state index contributed by atoms with van der Waals surface area (Å²) in [6.07, 6.45) is 0. The van der Waals surface area contributed by atoms with E-state index in [0.717, 1.165) is 15.6 Å². The molecule has 1 atom stereocenters. The normalized spacial score (nSPS) is 15.4. The minimum absolute atomic E-state index is 0.296. The summed E-state index contributed by atoms with van der Waals surface area (Å²) in [6.45, 7) is 3.94. The Bertz CT molecular complexity index is 1160. The summed E-state index contributed by atoms with van der Waals surface area (Å²) in [6, 6.07) is 15.1. The van der Waals surface area contributed by atoms with Gasteiger partial charge in [0, 0.05) is 20.9 Å². The van der Waals surface area contributed by atoms with Gasteiger partial charge in [0.1, 0.15) is 6.04 Å². The molecule has 0 bridgehead atoms. The molecule has 0 amide bonds. The van der Waals surface area contributed by atoms with Crippen molar-refractivity contribution in [2.75, 3.05) is 11.9 Å². The SMILES string of the molecule is CCOC(=O)C1=C(C)Nc2nc(SCc3ccccc3Cl)nn2C1c1cccc(Br)c1. The first-order valence-corrected chi connectivity index (χ1v) is 11.9. The van der Waals surface area contributed by atoms with E-state index in [4.69, 9.17) is 21.4 Å². The summed E-state index contributed by atoms with van der Waals surface area (Å²) in [5, 5.41) is 9.24. The predicted octanol–water partition coefficient (Wildman–Crippen LogP) is 5.84. The molecule has 31 heavy (non-hydrogen) atoms. The molecule has 2 heterocycles. The minimum Gasteiger partial charge on any atom is -0.463 e. The Morgan fingerprint density at radius 3 is 2.84 bits per heavy atom. The molecule has 1 aliphatic rings. The number of hydrogen-bond acceptors (Lipinski definition) is 6. The molecule has 0 radical (unpaired) electrons. The number of nitrogens with zero attached hydrogens (tertiary/aromatic N) is 3. The Balaban J connectivity index is 1.71. The summed E-state index contributed by atoms with van der Waals surface area (Å²) in [5.74, 6) is 0.850. The molecule has 2 aromatic carbocycles. The van der Waals surface area contributed by atoms with Crippen LogP contribution in [0.1, 0.15) is 31.0 Å². The number of aromatic nitrogens is 3. The molecule has 0 aliphatic carbocycles. The van der Waals surface area contributed by atoms with E-state index in [1.807, 2.05) is 55.5 Å². The lowest BCUT2D eigenvalue weighted by Crippen LogP contribution is -2.29. The van der Waals surface area contributed by atoms with E-state index in [0.29, 0.717) is 39.8 Å². The summed E-state index contributed by atoms with van der Waals surface area (Å²) < 4.78 is 8.01. The highest BCUT2D eigenvalue weighted by Crippen LogP contribution is 2.37. The number of nitrogens with one attached hydrogen (secondary N) is 1. The maximum atomic E-state index is 12.8. The van der Waals surface area contributed by atoms with Gasteiger partial charge in [-0.25, -0.2) is 9.48 Å². The fourth-order valence-electron chi connectivity index (χ4n) is 3.41. The van der Waals surface area contributed by atoms with Crippen molar-refractivity contribution in [1.82, 2.24) is 14.8 Å². The number of carbonyl (C=O) groups excluding carboxylic acids is 1. The highest BCUT2D eigenvalue weighted by Gasteiger charge is 2.35. The molecule has 0 saturated carbocycles. The molecule has 160 valence electrons. The van der Waals surface area contributed by atoms with Gasteiger partial charge in [0.05, 0.1) is 12.2 Å². The van der Waals surface area contributed by atoms with E-state index >= 15 is 0 Å². The van der Waals surface area contributed by atoms with Crippen LogP contribution < -0.4 is 5.32 Å². The first-order chi connectivity index (χ1) is 15.0. The lowest BCUT2D eigenvalue weighted by Gasteiger charge is -2.28. The Morgan fingerprint density at radius 1 is 1.29 bits per heavy atom. The molecule has 1 aromatic heterocycles. The van der Waals surface area contributed by atoms with Crippen LogP contribution in [0.3, 0.4) is 0 Å². The van der Waals surface area contributed by atoms with Gasteiger partial charge in [0.2, 0.25) is 11.1 Å². The van der Waals surface area contributed by atoms with Crippen LogP contribution >= 0.6 is 39.3 Å². The smallest absolute Gasteiger partial charge is 0.338 e. The minimum atomic E-state index is -0.449.